The van der Waals surface area contributed by atoms with Gasteiger partial charge in [0.15, 0.2) is 0 Å². The molecule has 1 aromatic heterocycles. The molecule has 0 aliphatic heterocycles. The fourth-order valence-corrected chi connectivity index (χ4v) is 3.29. The maximum absolute atomic E-state index is 5.95. The van der Waals surface area contributed by atoms with Gasteiger partial charge in [0.05, 0.1) is 18.6 Å². The lowest BCUT2D eigenvalue weighted by Gasteiger charge is -2.16. The molecule has 0 saturated heterocycles. The van der Waals surface area contributed by atoms with E-state index in [1.807, 2.05) is 12.3 Å². The second-order valence-electron chi connectivity index (χ2n) is 5.10. The summed E-state index contributed by atoms with van der Waals surface area (Å²) in [4.78, 5) is 3.22. The van der Waals surface area contributed by atoms with Gasteiger partial charge in [-0.15, -0.1) is 0 Å². The van der Waals surface area contributed by atoms with Gasteiger partial charge in [0.25, 0.3) is 0 Å². The third-order valence-electron chi connectivity index (χ3n) is 3.19. The van der Waals surface area contributed by atoms with Crippen LogP contribution in [-0.4, -0.2) is 18.2 Å². The summed E-state index contributed by atoms with van der Waals surface area (Å²) in [6, 6.07) is 4.06. The quantitative estimate of drug-likeness (QED) is 0.404. The molecule has 1 aromatic rings. The largest absolute Gasteiger partial charge is 0.358 e. The minimum atomic E-state index is -0.916. The van der Waals surface area contributed by atoms with Crippen LogP contribution >= 0.6 is 8.38 Å². The molecular weight excluding hydrogens is 269 g/mol. The molecule has 1 rings (SSSR count). The van der Waals surface area contributed by atoms with Gasteiger partial charge in [0, 0.05) is 6.20 Å². The predicted molar refractivity (Wildman–Crippen MR) is 87.5 cm³/mol. The Morgan fingerprint density at radius 2 is 1.50 bits per heavy atom. The lowest BCUT2D eigenvalue weighted by Crippen LogP contribution is -2.08. The molecule has 0 saturated carbocycles. The van der Waals surface area contributed by atoms with E-state index in [2.05, 4.69) is 24.9 Å². The van der Waals surface area contributed by atoms with Crippen LogP contribution in [0.15, 0.2) is 18.3 Å². The Bertz CT molecular complexity index is 289. The lowest BCUT2D eigenvalue weighted by atomic mass is 10.2. The average molecular weight is 299 g/mol. The highest BCUT2D eigenvalue weighted by Crippen LogP contribution is 2.37. The van der Waals surface area contributed by atoms with E-state index >= 15 is 0 Å². The Hall–Kier alpha value is -0.370. The van der Waals surface area contributed by atoms with Gasteiger partial charge in [-0.25, -0.2) is 0 Å². The van der Waals surface area contributed by atoms with E-state index in [9.17, 15) is 0 Å². The number of rotatable bonds is 13. The molecule has 0 atom stereocenters. The van der Waals surface area contributed by atoms with E-state index in [1.165, 1.54) is 38.5 Å². The highest BCUT2D eigenvalue weighted by Gasteiger charge is 2.14. The van der Waals surface area contributed by atoms with Gasteiger partial charge < -0.3 is 14.0 Å². The Balaban J connectivity index is 2.22. The van der Waals surface area contributed by atoms with Crippen LogP contribution in [0.25, 0.3) is 0 Å². The Morgan fingerprint density at radius 3 is 1.95 bits per heavy atom. The number of nitrogens with one attached hydrogen (secondary N) is 1. The molecule has 3 nitrogen and oxygen atoms in total. The van der Waals surface area contributed by atoms with Crippen molar-refractivity contribution in [2.24, 2.45) is 0 Å². The molecule has 20 heavy (non-hydrogen) atoms. The maximum atomic E-state index is 5.95. The predicted octanol–water partition coefficient (Wildman–Crippen LogP) is 5.15. The van der Waals surface area contributed by atoms with E-state index in [-0.39, 0.29) is 0 Å². The SMILES string of the molecule is CCCCCCOP(OCCCCCC)c1ccc[nH]1. The first-order valence-corrected chi connectivity index (χ1v) is 9.25. The van der Waals surface area contributed by atoms with Crippen molar-refractivity contribution in [2.45, 2.75) is 65.2 Å². The molecule has 0 radical (unpaired) electrons. The summed E-state index contributed by atoms with van der Waals surface area (Å²) in [5.74, 6) is 0. The van der Waals surface area contributed by atoms with Crippen LogP contribution in [-0.2, 0) is 9.05 Å². The molecule has 0 fully saturated rings. The Morgan fingerprint density at radius 1 is 0.900 bits per heavy atom. The van der Waals surface area contributed by atoms with E-state index in [0.29, 0.717) is 0 Å². The van der Waals surface area contributed by atoms with Gasteiger partial charge in [-0.2, -0.15) is 0 Å². The first-order valence-electron chi connectivity index (χ1n) is 8.07. The van der Waals surface area contributed by atoms with Gasteiger partial charge in [-0.05, 0) is 25.0 Å². The summed E-state index contributed by atoms with van der Waals surface area (Å²) in [6.45, 7) is 6.07. The number of aromatic nitrogens is 1. The summed E-state index contributed by atoms with van der Waals surface area (Å²) >= 11 is 0. The van der Waals surface area contributed by atoms with Crippen molar-refractivity contribution >= 4 is 13.8 Å². The van der Waals surface area contributed by atoms with Crippen LogP contribution in [0.4, 0.5) is 0 Å². The highest BCUT2D eigenvalue weighted by molar-refractivity contribution is 7.55. The van der Waals surface area contributed by atoms with Crippen molar-refractivity contribution < 1.29 is 9.05 Å². The van der Waals surface area contributed by atoms with Gasteiger partial charge >= 0.3 is 0 Å². The second kappa shape index (κ2) is 12.4. The van der Waals surface area contributed by atoms with Gasteiger partial charge in [-0.1, -0.05) is 52.4 Å². The highest BCUT2D eigenvalue weighted by atomic mass is 31.2. The van der Waals surface area contributed by atoms with E-state index in [0.717, 1.165) is 31.5 Å². The molecule has 0 aliphatic rings. The van der Waals surface area contributed by atoms with Crippen molar-refractivity contribution in [3.05, 3.63) is 18.3 Å². The molecule has 4 heteroatoms. The molecule has 0 unspecified atom stereocenters. The Labute approximate surface area is 125 Å². The zero-order valence-electron chi connectivity index (χ0n) is 13.1. The Kier molecular flexibility index (Phi) is 10.9. The van der Waals surface area contributed by atoms with Gasteiger partial charge in [0.2, 0.25) is 8.38 Å². The third-order valence-corrected chi connectivity index (χ3v) is 4.70. The van der Waals surface area contributed by atoms with Crippen LogP contribution in [0.5, 0.6) is 0 Å². The van der Waals surface area contributed by atoms with Crippen molar-refractivity contribution in [3.8, 4) is 0 Å². The molecule has 1 heterocycles. The van der Waals surface area contributed by atoms with E-state index in [1.54, 1.807) is 0 Å². The summed E-state index contributed by atoms with van der Waals surface area (Å²) in [7, 11) is -0.916. The lowest BCUT2D eigenvalue weighted by molar-refractivity contribution is 0.246. The smallest absolute Gasteiger partial charge is 0.222 e. The number of aromatic amines is 1. The normalized spacial score (nSPS) is 11.3. The van der Waals surface area contributed by atoms with Crippen molar-refractivity contribution in [1.82, 2.24) is 4.98 Å². The standard InChI is InChI=1S/C16H30NO2P/c1-3-5-7-9-14-18-20(16-12-11-13-17-16)19-15-10-8-6-4-2/h11-13,17H,3-10,14-15H2,1-2H3. The zero-order chi connectivity index (χ0) is 14.5. The fourth-order valence-electron chi connectivity index (χ4n) is 1.96. The van der Waals surface area contributed by atoms with Gasteiger partial charge in [-0.3, -0.25) is 0 Å². The van der Waals surface area contributed by atoms with Crippen molar-refractivity contribution in [1.29, 1.82) is 0 Å². The minimum Gasteiger partial charge on any atom is -0.358 e. The monoisotopic (exact) mass is 299 g/mol. The van der Waals surface area contributed by atoms with Crippen LogP contribution < -0.4 is 5.44 Å². The van der Waals surface area contributed by atoms with Crippen LogP contribution in [0.3, 0.4) is 0 Å². The summed E-state index contributed by atoms with van der Waals surface area (Å²) in [5, 5.41) is 0. The van der Waals surface area contributed by atoms with E-state index < -0.39 is 8.38 Å². The molecule has 0 bridgehead atoms. The summed E-state index contributed by atoms with van der Waals surface area (Å²) in [5.41, 5.74) is 1.09. The maximum Gasteiger partial charge on any atom is 0.222 e. The summed E-state index contributed by atoms with van der Waals surface area (Å²) in [6.07, 6.45) is 11.8. The number of hydrogen-bond donors (Lipinski definition) is 1. The molecular formula is C16H30NO2P. The zero-order valence-corrected chi connectivity index (χ0v) is 14.0. The second-order valence-corrected chi connectivity index (χ2v) is 6.61. The van der Waals surface area contributed by atoms with Crippen LogP contribution in [0, 0.1) is 0 Å². The van der Waals surface area contributed by atoms with Gasteiger partial charge in [0.1, 0.15) is 0 Å². The first kappa shape index (κ1) is 17.7. The topological polar surface area (TPSA) is 34.2 Å². The molecule has 0 amide bonds. The molecule has 0 aromatic carbocycles. The van der Waals surface area contributed by atoms with Crippen molar-refractivity contribution in [3.63, 3.8) is 0 Å². The summed E-state index contributed by atoms with van der Waals surface area (Å²) < 4.78 is 11.9. The molecule has 0 spiro atoms. The molecule has 0 aliphatic carbocycles. The first-order chi connectivity index (χ1) is 9.88. The van der Waals surface area contributed by atoms with E-state index in [4.69, 9.17) is 9.05 Å². The third kappa shape index (κ3) is 8.04. The molecule has 116 valence electrons. The molecule has 1 N–H and O–H groups in total. The number of unbranched alkanes of at least 4 members (excludes halogenated alkanes) is 6. The average Bonchev–Trinajstić information content (AvgIpc) is 2.98. The number of hydrogen-bond acceptors (Lipinski definition) is 2. The fraction of sp³-hybridized carbons (Fsp3) is 0.750. The number of H-pyrrole nitrogens is 1. The van der Waals surface area contributed by atoms with Crippen molar-refractivity contribution in [2.75, 3.05) is 13.2 Å². The minimum absolute atomic E-state index is 0.805. The van der Waals surface area contributed by atoms with Crippen LogP contribution in [0.2, 0.25) is 0 Å². The van der Waals surface area contributed by atoms with Crippen LogP contribution in [0.1, 0.15) is 65.2 Å².